The van der Waals surface area contributed by atoms with Gasteiger partial charge in [-0.3, -0.25) is 9.59 Å². The number of nitrogens with zero attached hydrogens (tertiary/aromatic N) is 1. The first-order valence-corrected chi connectivity index (χ1v) is 10.7. The summed E-state index contributed by atoms with van der Waals surface area (Å²) >= 11 is 1.31. The Bertz CT molecular complexity index is 1230. The fourth-order valence-corrected chi connectivity index (χ4v) is 4.10. The smallest absolute Gasteiger partial charge is 0.348 e. The van der Waals surface area contributed by atoms with E-state index >= 15 is 0 Å². The molecule has 32 heavy (non-hydrogen) atoms. The van der Waals surface area contributed by atoms with Crippen molar-refractivity contribution in [3.05, 3.63) is 89.2 Å². The zero-order valence-corrected chi connectivity index (χ0v) is 18.1. The van der Waals surface area contributed by atoms with Gasteiger partial charge in [0, 0.05) is 11.7 Å². The summed E-state index contributed by atoms with van der Waals surface area (Å²) in [5.74, 6) is -0.740. The van der Waals surface area contributed by atoms with Crippen LogP contribution in [0.1, 0.15) is 25.8 Å². The highest BCUT2D eigenvalue weighted by molar-refractivity contribution is 7.20. The normalized spacial score (nSPS) is 10.7. The lowest BCUT2D eigenvalue weighted by Gasteiger charge is -2.20. The van der Waals surface area contributed by atoms with E-state index in [4.69, 9.17) is 9.15 Å². The van der Waals surface area contributed by atoms with E-state index in [1.807, 2.05) is 24.3 Å². The number of hydrogen-bond donors (Lipinski definition) is 1. The number of amides is 2. The van der Waals surface area contributed by atoms with Crippen LogP contribution in [0, 0.1) is 0 Å². The standard InChI is InChI=1S/C24H20N2O5S/c1-26(19-10-4-3-9-18(19)23(28)25-14-17-8-6-12-30-17)22(27)15-31-24(29)21-13-16-7-2-5-11-20(16)32-21/h2-13H,14-15H2,1H3,(H,25,28). The molecule has 0 aliphatic heterocycles. The quantitative estimate of drug-likeness (QED) is 0.427. The number of anilines is 1. The zero-order chi connectivity index (χ0) is 22.5. The van der Waals surface area contributed by atoms with E-state index in [0.29, 0.717) is 21.9 Å². The molecule has 0 radical (unpaired) electrons. The van der Waals surface area contributed by atoms with Gasteiger partial charge in [0.15, 0.2) is 6.61 Å². The molecule has 0 fully saturated rings. The van der Waals surface area contributed by atoms with E-state index in [1.165, 1.54) is 29.5 Å². The summed E-state index contributed by atoms with van der Waals surface area (Å²) in [6, 6.07) is 19.6. The van der Waals surface area contributed by atoms with Gasteiger partial charge in [-0.05, 0) is 41.8 Å². The topological polar surface area (TPSA) is 88.8 Å². The van der Waals surface area contributed by atoms with E-state index < -0.39 is 18.5 Å². The molecule has 2 heterocycles. The molecule has 2 aromatic carbocycles. The number of carbonyl (C=O) groups excluding carboxylic acids is 3. The third kappa shape index (κ3) is 4.70. The first kappa shape index (κ1) is 21.3. The highest BCUT2D eigenvalue weighted by Crippen LogP contribution is 2.26. The number of esters is 1. The Morgan fingerprint density at radius 1 is 1.03 bits per heavy atom. The maximum atomic E-state index is 12.7. The minimum Gasteiger partial charge on any atom is -0.467 e. The van der Waals surface area contributed by atoms with Crippen molar-refractivity contribution in [3.8, 4) is 0 Å². The van der Waals surface area contributed by atoms with Gasteiger partial charge in [-0.25, -0.2) is 4.79 Å². The Kier molecular flexibility index (Phi) is 6.32. The van der Waals surface area contributed by atoms with Crippen LogP contribution < -0.4 is 10.2 Å². The van der Waals surface area contributed by atoms with Gasteiger partial charge in [-0.2, -0.15) is 0 Å². The average Bonchev–Trinajstić information content (AvgIpc) is 3.50. The monoisotopic (exact) mass is 448 g/mol. The van der Waals surface area contributed by atoms with E-state index in [0.717, 1.165) is 10.1 Å². The van der Waals surface area contributed by atoms with E-state index in [2.05, 4.69) is 5.32 Å². The largest absolute Gasteiger partial charge is 0.467 e. The van der Waals surface area contributed by atoms with Crippen LogP contribution in [-0.2, 0) is 16.1 Å². The molecular weight excluding hydrogens is 428 g/mol. The van der Waals surface area contributed by atoms with Gasteiger partial charge in [-0.1, -0.05) is 30.3 Å². The summed E-state index contributed by atoms with van der Waals surface area (Å²) in [5, 5.41) is 3.71. The van der Waals surface area contributed by atoms with Crippen molar-refractivity contribution in [2.45, 2.75) is 6.54 Å². The number of furan rings is 1. The van der Waals surface area contributed by atoms with Crippen molar-refractivity contribution in [2.75, 3.05) is 18.6 Å². The Balaban J connectivity index is 1.40. The average molecular weight is 449 g/mol. The fraction of sp³-hybridized carbons (Fsp3) is 0.125. The molecule has 4 aromatic rings. The highest BCUT2D eigenvalue weighted by Gasteiger charge is 2.20. The van der Waals surface area contributed by atoms with Crippen LogP contribution in [0.25, 0.3) is 10.1 Å². The summed E-state index contributed by atoms with van der Waals surface area (Å²) in [5.41, 5.74) is 0.734. The molecule has 7 nitrogen and oxygen atoms in total. The lowest BCUT2D eigenvalue weighted by Crippen LogP contribution is -2.33. The van der Waals surface area contributed by atoms with Crippen LogP contribution in [0.5, 0.6) is 0 Å². The predicted octanol–water partition coefficient (Wildman–Crippen LogP) is 4.24. The molecule has 0 atom stereocenters. The van der Waals surface area contributed by atoms with E-state index in [9.17, 15) is 14.4 Å². The molecule has 0 saturated heterocycles. The number of nitrogens with one attached hydrogen (secondary N) is 1. The van der Waals surface area contributed by atoms with Crippen LogP contribution in [-0.4, -0.2) is 31.4 Å². The Morgan fingerprint density at radius 3 is 2.59 bits per heavy atom. The van der Waals surface area contributed by atoms with Gasteiger partial charge in [0.2, 0.25) is 0 Å². The summed E-state index contributed by atoms with van der Waals surface area (Å²) in [7, 11) is 1.54. The van der Waals surface area contributed by atoms with Crippen molar-refractivity contribution in [3.63, 3.8) is 0 Å². The van der Waals surface area contributed by atoms with Crippen molar-refractivity contribution >= 4 is 44.9 Å². The lowest BCUT2D eigenvalue weighted by molar-refractivity contribution is -0.121. The van der Waals surface area contributed by atoms with Crippen molar-refractivity contribution in [2.24, 2.45) is 0 Å². The molecule has 1 N–H and O–H groups in total. The highest BCUT2D eigenvalue weighted by atomic mass is 32.1. The van der Waals surface area contributed by atoms with Crippen molar-refractivity contribution in [1.82, 2.24) is 5.32 Å². The third-order valence-corrected chi connectivity index (χ3v) is 5.94. The Morgan fingerprint density at radius 2 is 1.81 bits per heavy atom. The SMILES string of the molecule is CN(C(=O)COC(=O)c1cc2ccccc2s1)c1ccccc1C(=O)NCc1ccco1. The first-order chi connectivity index (χ1) is 15.5. The second kappa shape index (κ2) is 9.49. The number of likely N-dealkylation sites (N-methyl/N-ethyl adjacent to an activating group) is 1. The molecule has 0 aliphatic carbocycles. The van der Waals surface area contributed by atoms with Gasteiger partial charge in [-0.15, -0.1) is 11.3 Å². The lowest BCUT2D eigenvalue weighted by atomic mass is 10.1. The minimum absolute atomic E-state index is 0.227. The van der Waals surface area contributed by atoms with Crippen LogP contribution in [0.2, 0.25) is 0 Å². The van der Waals surface area contributed by atoms with Crippen LogP contribution in [0.3, 0.4) is 0 Å². The molecule has 0 bridgehead atoms. The molecular formula is C24H20N2O5S. The zero-order valence-electron chi connectivity index (χ0n) is 17.2. The van der Waals surface area contributed by atoms with Gasteiger partial charge >= 0.3 is 5.97 Å². The molecule has 0 saturated carbocycles. The molecule has 0 unspecified atom stereocenters. The van der Waals surface area contributed by atoms with E-state index in [1.54, 1.807) is 42.5 Å². The van der Waals surface area contributed by atoms with Crippen LogP contribution in [0.15, 0.2) is 77.4 Å². The second-order valence-electron chi connectivity index (χ2n) is 6.96. The molecule has 4 rings (SSSR count). The second-order valence-corrected chi connectivity index (χ2v) is 8.04. The number of benzene rings is 2. The van der Waals surface area contributed by atoms with Gasteiger partial charge in [0.05, 0.1) is 24.1 Å². The van der Waals surface area contributed by atoms with Gasteiger partial charge in [0.25, 0.3) is 11.8 Å². The van der Waals surface area contributed by atoms with E-state index in [-0.39, 0.29) is 12.5 Å². The number of rotatable bonds is 7. The van der Waals surface area contributed by atoms with Crippen LogP contribution in [0.4, 0.5) is 5.69 Å². The maximum Gasteiger partial charge on any atom is 0.348 e. The summed E-state index contributed by atoms with van der Waals surface area (Å²) in [6.07, 6.45) is 1.53. The molecule has 8 heteroatoms. The first-order valence-electron chi connectivity index (χ1n) is 9.85. The van der Waals surface area contributed by atoms with Crippen molar-refractivity contribution < 1.29 is 23.5 Å². The number of carbonyl (C=O) groups is 3. The molecule has 162 valence electrons. The summed E-state index contributed by atoms with van der Waals surface area (Å²) in [6.45, 7) is -0.212. The maximum absolute atomic E-state index is 12.7. The third-order valence-electron chi connectivity index (χ3n) is 4.84. The number of thiophene rings is 1. The van der Waals surface area contributed by atoms with Gasteiger partial charge < -0.3 is 19.4 Å². The molecule has 2 aromatic heterocycles. The van der Waals surface area contributed by atoms with Crippen molar-refractivity contribution in [1.29, 1.82) is 0 Å². The number of para-hydroxylation sites is 1. The molecule has 0 spiro atoms. The Hall–Kier alpha value is -3.91. The molecule has 2 amide bonds. The minimum atomic E-state index is -0.558. The van der Waals surface area contributed by atoms with Crippen LogP contribution >= 0.6 is 11.3 Å². The number of ether oxygens (including phenoxy) is 1. The number of fused-ring (bicyclic) bond motifs is 1. The summed E-state index contributed by atoms with van der Waals surface area (Å²) < 4.78 is 11.4. The predicted molar refractivity (Wildman–Crippen MR) is 122 cm³/mol. The summed E-state index contributed by atoms with van der Waals surface area (Å²) in [4.78, 5) is 39.5. The number of hydrogen-bond acceptors (Lipinski definition) is 6. The molecule has 0 aliphatic rings. The fourth-order valence-electron chi connectivity index (χ4n) is 3.15. The Labute approximate surface area is 188 Å². The van der Waals surface area contributed by atoms with Gasteiger partial charge in [0.1, 0.15) is 10.6 Å².